The minimum Gasteiger partial charge on any atom is 0 e. The maximum absolute atomic E-state index is 6.50. The minimum atomic E-state index is 0. The van der Waals surface area contributed by atoms with Crippen molar-refractivity contribution in [3.63, 3.8) is 0 Å². The first-order valence-electron chi connectivity index (χ1n) is 0.258. The molecule has 0 N–H and O–H groups in total. The van der Waals surface area contributed by atoms with Crippen molar-refractivity contribution in [3.8, 4) is 6.57 Å². The molecule has 0 fully saturated rings. The van der Waals surface area contributed by atoms with Crippen LogP contribution in [0, 0.1) is 11.8 Å². The zero-order chi connectivity index (χ0) is 2.00. The molecule has 0 aliphatic carbocycles. The molecule has 0 radical (unpaired) electrons. The van der Waals surface area contributed by atoms with Crippen LogP contribution in [0.4, 0.5) is 0 Å². The molecule has 0 unspecified atom stereocenters. The summed E-state index contributed by atoms with van der Waals surface area (Å²) in [5.41, 5.74) is 0. The van der Waals surface area contributed by atoms with Crippen molar-refractivity contribution in [1.82, 2.24) is 0 Å². The van der Waals surface area contributed by atoms with Crippen LogP contribution in [0.1, 0.15) is 0 Å². The van der Waals surface area contributed by atoms with E-state index in [9.17, 15) is 0 Å². The number of hydrogen-bond acceptors (Lipinski definition) is 1. The molecule has 0 saturated heterocycles. The molecule has 1 nitrogen and oxygen atoms in total. The topological polar surface area (TPSA) is 23.8 Å². The summed E-state index contributed by atoms with van der Waals surface area (Å²) in [5.74, 6) is 0. The second-order valence-corrected chi connectivity index (χ2v) is 0. The summed E-state index contributed by atoms with van der Waals surface area (Å²) in [5, 5.41) is 6.50. The number of nitriles is 1. The van der Waals surface area contributed by atoms with Gasteiger partial charge in [0.1, 0.15) is 0 Å². The van der Waals surface area contributed by atoms with Crippen LogP contribution in [0.25, 0.3) is 0 Å². The van der Waals surface area contributed by atoms with Crippen molar-refractivity contribution in [2.45, 2.75) is 0 Å². The van der Waals surface area contributed by atoms with Crippen molar-refractivity contribution < 1.29 is 21.1 Å². The van der Waals surface area contributed by atoms with Gasteiger partial charge in [0.2, 0.25) is 0 Å². The molecule has 0 heterocycles. The number of nitrogens with zero attached hydrogens (tertiary/aromatic N) is 1. The SMILES string of the molecule is C#N.[BaH2].[Pt]. The molecular weight excluding hydrogens is 358 g/mol. The van der Waals surface area contributed by atoms with Crippen LogP contribution in [0.15, 0.2) is 0 Å². The summed E-state index contributed by atoms with van der Waals surface area (Å²) in [6.45, 7) is 3.50. The van der Waals surface area contributed by atoms with E-state index in [1.807, 2.05) is 0 Å². The molecule has 0 rings (SSSR count). The monoisotopic (exact) mass is 362 g/mol. The first-order valence-corrected chi connectivity index (χ1v) is 0.258. The van der Waals surface area contributed by atoms with E-state index < -0.39 is 0 Å². The quantitative estimate of drug-likeness (QED) is 0.520. The van der Waals surface area contributed by atoms with Gasteiger partial charge in [-0.15, -0.1) is 0 Å². The Balaban J connectivity index is -0.00000000500. The Morgan fingerprint density at radius 3 is 1.25 bits per heavy atom. The maximum Gasteiger partial charge on any atom is 0 e. The first kappa shape index (κ1) is 17.2. The Morgan fingerprint density at radius 1 is 1.25 bits per heavy atom. The van der Waals surface area contributed by atoms with Crippen LogP contribution in [0.5, 0.6) is 0 Å². The van der Waals surface area contributed by atoms with Gasteiger partial charge in [-0.2, -0.15) is 0 Å². The molecule has 24 valence electrons. The van der Waals surface area contributed by atoms with Crippen LogP contribution < -0.4 is 0 Å². The van der Waals surface area contributed by atoms with Crippen molar-refractivity contribution in [3.05, 3.63) is 0 Å². The predicted molar refractivity (Wildman–Crippen MR) is 15.2 cm³/mol. The molecule has 3 heteroatoms. The van der Waals surface area contributed by atoms with Crippen molar-refractivity contribution >= 4 is 48.9 Å². The van der Waals surface area contributed by atoms with E-state index in [1.54, 1.807) is 0 Å². The van der Waals surface area contributed by atoms with Gasteiger partial charge in [-0.25, -0.2) is 5.26 Å². The fourth-order valence-corrected chi connectivity index (χ4v) is 0. The molecule has 0 atom stereocenters. The molecule has 0 amide bonds. The average molecular weight is 361 g/mol. The van der Waals surface area contributed by atoms with Crippen molar-refractivity contribution in [2.75, 3.05) is 0 Å². The van der Waals surface area contributed by atoms with Crippen LogP contribution in [-0.4, -0.2) is 48.9 Å². The number of hydrogen-bond donors (Lipinski definition) is 0. The Morgan fingerprint density at radius 2 is 1.25 bits per heavy atom. The maximum atomic E-state index is 6.50. The third kappa shape index (κ3) is 9.26. The molecular formula is CH3BaNPt. The Bertz CT molecular complexity index is 12.8. The van der Waals surface area contributed by atoms with Gasteiger partial charge in [0, 0.05) is 27.6 Å². The minimum absolute atomic E-state index is 0. The van der Waals surface area contributed by atoms with E-state index in [0.29, 0.717) is 0 Å². The molecule has 0 aliphatic rings. The third-order valence-electron chi connectivity index (χ3n) is 0. The zero-order valence-electron chi connectivity index (χ0n) is 1.34. The predicted octanol–water partition coefficient (Wildman–Crippen LogP) is -0.779. The largest absolute Gasteiger partial charge is 0 e. The van der Waals surface area contributed by atoms with Gasteiger partial charge in [0.05, 0.1) is 0 Å². The molecule has 0 spiro atoms. The summed E-state index contributed by atoms with van der Waals surface area (Å²) in [7, 11) is 0. The summed E-state index contributed by atoms with van der Waals surface area (Å²) in [4.78, 5) is 0. The van der Waals surface area contributed by atoms with Crippen molar-refractivity contribution in [2.24, 2.45) is 0 Å². The van der Waals surface area contributed by atoms with Crippen LogP contribution in [0.2, 0.25) is 0 Å². The average Bonchev–Trinajstić information content (AvgIpc) is 1.00. The van der Waals surface area contributed by atoms with Crippen molar-refractivity contribution in [1.29, 1.82) is 5.26 Å². The summed E-state index contributed by atoms with van der Waals surface area (Å²) in [6, 6.07) is 0. The summed E-state index contributed by atoms with van der Waals surface area (Å²) >= 11 is 0. The molecule has 0 bridgehead atoms. The molecule has 0 saturated carbocycles. The Labute approximate surface area is 80.1 Å². The standard InChI is InChI=1S/CHN.Ba.Pt.2H/c1-2;;;;/h1H;;;;. The fraction of sp³-hybridized carbons (Fsp3) is 0. The van der Waals surface area contributed by atoms with Crippen LogP contribution in [0.3, 0.4) is 0 Å². The van der Waals surface area contributed by atoms with Gasteiger partial charge in [-0.1, -0.05) is 0 Å². The summed E-state index contributed by atoms with van der Waals surface area (Å²) < 4.78 is 0. The van der Waals surface area contributed by atoms with Gasteiger partial charge in [0.25, 0.3) is 0 Å². The van der Waals surface area contributed by atoms with Gasteiger partial charge in [-0.3, -0.25) is 0 Å². The molecule has 0 aromatic carbocycles. The van der Waals surface area contributed by atoms with Crippen LogP contribution in [-0.2, 0) is 21.1 Å². The zero-order valence-corrected chi connectivity index (χ0v) is 3.61. The van der Waals surface area contributed by atoms with E-state index in [2.05, 4.69) is 6.57 Å². The van der Waals surface area contributed by atoms with Gasteiger partial charge in [0.15, 0.2) is 0 Å². The van der Waals surface area contributed by atoms with E-state index in [4.69, 9.17) is 5.26 Å². The van der Waals surface area contributed by atoms with E-state index in [1.165, 1.54) is 0 Å². The third-order valence-corrected chi connectivity index (χ3v) is 0. The van der Waals surface area contributed by atoms with Gasteiger partial charge in [-0.05, 0) is 0 Å². The first-order chi connectivity index (χ1) is 1.00. The molecule has 0 aromatic heterocycles. The Hall–Kier alpha value is 1.75. The van der Waals surface area contributed by atoms with E-state index in [-0.39, 0.29) is 69.9 Å². The molecule has 4 heavy (non-hydrogen) atoms. The number of rotatable bonds is 0. The molecule has 0 aromatic rings. The fourth-order valence-electron chi connectivity index (χ4n) is 0. The smallest absolute Gasteiger partial charge is 0 e. The van der Waals surface area contributed by atoms with E-state index in [0.717, 1.165) is 0 Å². The van der Waals surface area contributed by atoms with Gasteiger partial charge >= 0.3 is 48.9 Å². The second kappa shape index (κ2) is 21.8. The second-order valence-electron chi connectivity index (χ2n) is 0. The van der Waals surface area contributed by atoms with E-state index >= 15 is 0 Å². The molecule has 0 aliphatic heterocycles. The normalized spacial score (nSPS) is 0.500. The summed E-state index contributed by atoms with van der Waals surface area (Å²) in [6.07, 6.45) is 0. The Kier molecular flexibility index (Phi) is 93.6. The van der Waals surface area contributed by atoms with Gasteiger partial charge < -0.3 is 0 Å². The van der Waals surface area contributed by atoms with Crippen LogP contribution >= 0.6 is 0 Å².